The van der Waals surface area contributed by atoms with E-state index in [0.717, 1.165) is 13.1 Å². The zero-order valence-electron chi connectivity index (χ0n) is 13.4. The van der Waals surface area contributed by atoms with Crippen LogP contribution in [0, 0.1) is 5.41 Å². The highest BCUT2D eigenvalue weighted by Gasteiger charge is 2.28. The van der Waals surface area contributed by atoms with Gasteiger partial charge >= 0.3 is 0 Å². The van der Waals surface area contributed by atoms with E-state index in [1.54, 1.807) is 17.1 Å². The van der Waals surface area contributed by atoms with Crippen molar-refractivity contribution in [3.05, 3.63) is 18.0 Å². The average Bonchev–Trinajstić information content (AvgIpc) is 2.84. The number of rotatable bonds is 3. The summed E-state index contributed by atoms with van der Waals surface area (Å²) in [5, 5.41) is 14.2. The Bertz CT molecular complexity index is 484. The Labute approximate surface area is 126 Å². The first-order valence-corrected chi connectivity index (χ1v) is 7.45. The van der Waals surface area contributed by atoms with Crippen molar-refractivity contribution >= 4 is 5.91 Å². The summed E-state index contributed by atoms with van der Waals surface area (Å²) in [5.74, 6) is 0.0409. The van der Waals surface area contributed by atoms with Gasteiger partial charge in [-0.3, -0.25) is 14.4 Å². The van der Waals surface area contributed by atoms with Gasteiger partial charge in [0, 0.05) is 46.0 Å². The first-order valence-electron chi connectivity index (χ1n) is 7.45. The molecule has 1 fully saturated rings. The fourth-order valence-corrected chi connectivity index (χ4v) is 2.37. The Balaban J connectivity index is 1.84. The highest BCUT2D eigenvalue weighted by atomic mass is 16.3. The van der Waals surface area contributed by atoms with Crippen LogP contribution in [0.3, 0.4) is 0 Å². The summed E-state index contributed by atoms with van der Waals surface area (Å²) in [4.78, 5) is 16.4. The van der Waals surface area contributed by atoms with E-state index >= 15 is 0 Å². The van der Waals surface area contributed by atoms with E-state index in [-0.39, 0.29) is 17.4 Å². The largest absolute Gasteiger partial charge is 0.391 e. The molecule has 21 heavy (non-hydrogen) atoms. The number of hydrogen-bond donors (Lipinski definition) is 1. The minimum absolute atomic E-state index is 0.0409. The molecule has 1 aliphatic heterocycles. The third kappa shape index (κ3) is 4.04. The number of aliphatic hydroxyl groups excluding tert-OH is 1. The molecule has 1 amide bonds. The molecule has 6 nitrogen and oxygen atoms in total. The normalized spacial score (nSPS) is 18.8. The smallest absolute Gasteiger partial charge is 0.257 e. The first kappa shape index (κ1) is 16.0. The third-order valence-corrected chi connectivity index (χ3v) is 4.04. The Kier molecular flexibility index (Phi) is 4.68. The van der Waals surface area contributed by atoms with Crippen LogP contribution < -0.4 is 0 Å². The summed E-state index contributed by atoms with van der Waals surface area (Å²) >= 11 is 0. The summed E-state index contributed by atoms with van der Waals surface area (Å²) < 4.78 is 1.64. The predicted octanol–water partition coefficient (Wildman–Crippen LogP) is 0.585. The monoisotopic (exact) mass is 294 g/mol. The molecule has 1 saturated heterocycles. The minimum atomic E-state index is -0.349. The number of piperazine rings is 1. The number of carbonyl (C=O) groups is 1. The van der Waals surface area contributed by atoms with Crippen LogP contribution in [0.5, 0.6) is 0 Å². The molecule has 0 aliphatic carbocycles. The lowest BCUT2D eigenvalue weighted by molar-refractivity contribution is 0.0137. The van der Waals surface area contributed by atoms with Crippen molar-refractivity contribution in [1.82, 2.24) is 19.6 Å². The highest BCUT2D eigenvalue weighted by molar-refractivity contribution is 5.93. The molecule has 0 aromatic carbocycles. The molecule has 1 atom stereocenters. The number of aliphatic hydroxyl groups is 1. The molecule has 0 radical (unpaired) electrons. The molecule has 118 valence electrons. The van der Waals surface area contributed by atoms with E-state index in [0.29, 0.717) is 25.2 Å². The van der Waals surface area contributed by atoms with Crippen molar-refractivity contribution in [3.63, 3.8) is 0 Å². The average molecular weight is 294 g/mol. The van der Waals surface area contributed by atoms with Crippen LogP contribution in [-0.4, -0.2) is 69.4 Å². The van der Waals surface area contributed by atoms with Crippen LogP contribution in [0.15, 0.2) is 12.4 Å². The van der Waals surface area contributed by atoms with Gasteiger partial charge in [0.1, 0.15) is 0 Å². The van der Waals surface area contributed by atoms with Crippen molar-refractivity contribution in [2.75, 3.05) is 32.7 Å². The molecular formula is C15H26N4O2. The van der Waals surface area contributed by atoms with Gasteiger partial charge in [0.15, 0.2) is 0 Å². The number of hydrogen-bond acceptors (Lipinski definition) is 4. The van der Waals surface area contributed by atoms with E-state index in [1.165, 1.54) is 0 Å². The lowest BCUT2D eigenvalue weighted by Gasteiger charge is -2.37. The van der Waals surface area contributed by atoms with E-state index < -0.39 is 0 Å². The van der Waals surface area contributed by atoms with Crippen molar-refractivity contribution in [2.24, 2.45) is 12.5 Å². The van der Waals surface area contributed by atoms with Crippen LogP contribution in [-0.2, 0) is 7.05 Å². The Morgan fingerprint density at radius 1 is 1.33 bits per heavy atom. The number of nitrogens with zero attached hydrogens (tertiary/aromatic N) is 4. The Morgan fingerprint density at radius 2 is 1.95 bits per heavy atom. The first-order chi connectivity index (χ1) is 9.77. The van der Waals surface area contributed by atoms with E-state index in [1.807, 2.05) is 32.7 Å². The zero-order valence-corrected chi connectivity index (χ0v) is 13.4. The molecule has 1 aromatic heterocycles. The van der Waals surface area contributed by atoms with Gasteiger partial charge in [-0.05, 0) is 5.41 Å². The molecule has 1 unspecified atom stereocenters. The molecule has 0 bridgehead atoms. The van der Waals surface area contributed by atoms with Crippen LogP contribution in [0.4, 0.5) is 0 Å². The van der Waals surface area contributed by atoms with E-state index in [2.05, 4.69) is 10.00 Å². The number of aryl methyl sites for hydroxylation is 1. The van der Waals surface area contributed by atoms with Gasteiger partial charge in [-0.2, -0.15) is 5.10 Å². The summed E-state index contributed by atoms with van der Waals surface area (Å²) in [6.07, 6.45) is 3.01. The summed E-state index contributed by atoms with van der Waals surface area (Å²) in [5.41, 5.74) is 0.531. The number of β-amino-alcohol motifs (C(OH)–C–C–N with tert-alkyl or cyclic N) is 1. The molecule has 2 rings (SSSR count). The van der Waals surface area contributed by atoms with Crippen LogP contribution in [0.25, 0.3) is 0 Å². The van der Waals surface area contributed by atoms with Gasteiger partial charge < -0.3 is 10.0 Å². The number of aromatic nitrogens is 2. The SMILES string of the molecule is Cn1cc(C(=O)N2CCN(CC(O)C(C)(C)C)CC2)cn1. The molecule has 0 spiro atoms. The molecule has 1 N–H and O–H groups in total. The number of carbonyl (C=O) groups excluding carboxylic acids is 1. The molecule has 0 saturated carbocycles. The van der Waals surface area contributed by atoms with Crippen molar-refractivity contribution in [2.45, 2.75) is 26.9 Å². The highest BCUT2D eigenvalue weighted by Crippen LogP contribution is 2.20. The zero-order chi connectivity index (χ0) is 15.6. The summed E-state index contributed by atoms with van der Waals surface area (Å²) in [6.45, 7) is 9.80. The van der Waals surface area contributed by atoms with Gasteiger partial charge in [-0.1, -0.05) is 20.8 Å². The molecule has 1 aromatic rings. The lowest BCUT2D eigenvalue weighted by Crippen LogP contribution is -2.51. The maximum absolute atomic E-state index is 12.3. The second-order valence-electron chi connectivity index (χ2n) is 6.88. The fraction of sp³-hybridized carbons (Fsp3) is 0.733. The quantitative estimate of drug-likeness (QED) is 0.886. The van der Waals surface area contributed by atoms with Gasteiger partial charge in [-0.15, -0.1) is 0 Å². The Morgan fingerprint density at radius 3 is 2.43 bits per heavy atom. The van der Waals surface area contributed by atoms with Gasteiger partial charge in [0.25, 0.3) is 5.91 Å². The van der Waals surface area contributed by atoms with Gasteiger partial charge in [-0.25, -0.2) is 0 Å². The molecule has 6 heteroatoms. The summed E-state index contributed by atoms with van der Waals surface area (Å²) in [7, 11) is 1.81. The van der Waals surface area contributed by atoms with Gasteiger partial charge in [0.05, 0.1) is 17.9 Å². The number of amides is 1. The van der Waals surface area contributed by atoms with Gasteiger partial charge in [0.2, 0.25) is 0 Å². The minimum Gasteiger partial charge on any atom is -0.391 e. The third-order valence-electron chi connectivity index (χ3n) is 4.04. The van der Waals surface area contributed by atoms with E-state index in [4.69, 9.17) is 0 Å². The molecular weight excluding hydrogens is 268 g/mol. The fourth-order valence-electron chi connectivity index (χ4n) is 2.37. The standard InChI is InChI=1S/C15H26N4O2/c1-15(2,3)13(20)11-18-5-7-19(8-6-18)14(21)12-9-16-17(4)10-12/h9-10,13,20H,5-8,11H2,1-4H3. The van der Waals surface area contributed by atoms with E-state index in [9.17, 15) is 9.90 Å². The Hall–Kier alpha value is -1.40. The second kappa shape index (κ2) is 6.15. The topological polar surface area (TPSA) is 61.6 Å². The lowest BCUT2D eigenvalue weighted by atomic mass is 9.89. The van der Waals surface area contributed by atoms with Crippen LogP contribution >= 0.6 is 0 Å². The maximum Gasteiger partial charge on any atom is 0.257 e. The molecule has 2 heterocycles. The maximum atomic E-state index is 12.3. The molecule has 1 aliphatic rings. The van der Waals surface area contributed by atoms with Crippen molar-refractivity contribution in [1.29, 1.82) is 0 Å². The van der Waals surface area contributed by atoms with Crippen LogP contribution in [0.1, 0.15) is 31.1 Å². The second-order valence-corrected chi connectivity index (χ2v) is 6.88. The van der Waals surface area contributed by atoms with Crippen LogP contribution in [0.2, 0.25) is 0 Å². The van der Waals surface area contributed by atoms with Crippen molar-refractivity contribution < 1.29 is 9.90 Å². The predicted molar refractivity (Wildman–Crippen MR) is 81.0 cm³/mol. The van der Waals surface area contributed by atoms with Crippen molar-refractivity contribution in [3.8, 4) is 0 Å². The summed E-state index contributed by atoms with van der Waals surface area (Å²) in [6, 6.07) is 0.